The summed E-state index contributed by atoms with van der Waals surface area (Å²) in [6, 6.07) is 25.0. The molecule has 1 amide bonds. The molecule has 1 N–H and O–H groups in total. The smallest absolute Gasteiger partial charge is 0.251 e. The van der Waals surface area contributed by atoms with Gasteiger partial charge in [0.2, 0.25) is 0 Å². The number of benzene rings is 3. The molecule has 138 valence electrons. The zero-order valence-electron chi connectivity index (χ0n) is 14.8. The van der Waals surface area contributed by atoms with Crippen molar-refractivity contribution in [2.45, 2.75) is 17.1 Å². The van der Waals surface area contributed by atoms with E-state index in [1.165, 1.54) is 0 Å². The van der Waals surface area contributed by atoms with E-state index in [4.69, 9.17) is 0 Å². The van der Waals surface area contributed by atoms with E-state index in [2.05, 4.69) is 5.32 Å². The fourth-order valence-corrected chi connectivity index (χ4v) is 4.16. The number of carbonyl (C=O) groups excluding carboxylic acids is 1. The Balaban J connectivity index is 1.63. The molecule has 4 nitrogen and oxygen atoms in total. The van der Waals surface area contributed by atoms with Crippen molar-refractivity contribution in [1.29, 1.82) is 0 Å². The quantitative estimate of drug-likeness (QED) is 0.682. The van der Waals surface area contributed by atoms with Gasteiger partial charge in [-0.05, 0) is 41.8 Å². The Morgan fingerprint density at radius 3 is 2.11 bits per heavy atom. The van der Waals surface area contributed by atoms with Gasteiger partial charge in [-0.25, -0.2) is 8.42 Å². The van der Waals surface area contributed by atoms with E-state index in [1.54, 1.807) is 54.6 Å². The molecule has 0 spiro atoms. The van der Waals surface area contributed by atoms with Crippen LogP contribution in [-0.2, 0) is 22.0 Å². The molecule has 27 heavy (non-hydrogen) atoms. The summed E-state index contributed by atoms with van der Waals surface area (Å²) in [6.07, 6.45) is 0.745. The van der Waals surface area contributed by atoms with Gasteiger partial charge in [-0.2, -0.15) is 0 Å². The number of hydrogen-bond donors (Lipinski definition) is 1. The molecule has 0 radical (unpaired) electrons. The highest BCUT2D eigenvalue weighted by molar-refractivity contribution is 7.90. The Morgan fingerprint density at radius 1 is 0.778 bits per heavy atom. The maximum Gasteiger partial charge on any atom is 0.251 e. The van der Waals surface area contributed by atoms with Gasteiger partial charge in [0.25, 0.3) is 5.91 Å². The first kappa shape index (κ1) is 18.9. The first-order valence-corrected chi connectivity index (χ1v) is 10.4. The van der Waals surface area contributed by atoms with Gasteiger partial charge in [0.15, 0.2) is 9.84 Å². The van der Waals surface area contributed by atoms with Gasteiger partial charge in [0.1, 0.15) is 0 Å². The summed E-state index contributed by atoms with van der Waals surface area (Å²) in [7, 11) is -3.44. The lowest BCUT2D eigenvalue weighted by Crippen LogP contribution is -2.25. The SMILES string of the molecule is O=C(NCCc1ccccc1)c1cccc(CS(=O)(=O)c2ccccc2)c1. The van der Waals surface area contributed by atoms with Gasteiger partial charge >= 0.3 is 0 Å². The van der Waals surface area contributed by atoms with Crippen molar-refractivity contribution < 1.29 is 13.2 Å². The summed E-state index contributed by atoms with van der Waals surface area (Å²) in [6.45, 7) is 0.523. The minimum Gasteiger partial charge on any atom is -0.352 e. The monoisotopic (exact) mass is 379 g/mol. The Hall–Kier alpha value is -2.92. The summed E-state index contributed by atoms with van der Waals surface area (Å²) >= 11 is 0. The maximum absolute atomic E-state index is 12.5. The minimum atomic E-state index is -3.44. The molecule has 0 fully saturated rings. The van der Waals surface area contributed by atoms with Crippen LogP contribution < -0.4 is 5.32 Å². The molecule has 0 heterocycles. The van der Waals surface area contributed by atoms with Gasteiger partial charge in [-0.15, -0.1) is 0 Å². The van der Waals surface area contributed by atoms with Gasteiger partial charge in [-0.3, -0.25) is 4.79 Å². The molecule has 0 aromatic heterocycles. The molecular weight excluding hydrogens is 358 g/mol. The Kier molecular flexibility index (Phi) is 6.04. The van der Waals surface area contributed by atoms with Crippen LogP contribution in [0.15, 0.2) is 89.8 Å². The molecule has 3 rings (SSSR count). The van der Waals surface area contributed by atoms with Gasteiger partial charge in [0, 0.05) is 12.1 Å². The molecule has 0 atom stereocenters. The summed E-state index contributed by atoms with van der Waals surface area (Å²) < 4.78 is 25.0. The zero-order valence-corrected chi connectivity index (χ0v) is 15.7. The largest absolute Gasteiger partial charge is 0.352 e. The number of carbonyl (C=O) groups is 1. The Labute approximate surface area is 159 Å². The second-order valence-electron chi connectivity index (χ2n) is 6.26. The van der Waals surface area contributed by atoms with Crippen LogP contribution in [0.2, 0.25) is 0 Å². The molecule has 0 unspecified atom stereocenters. The van der Waals surface area contributed by atoms with E-state index >= 15 is 0 Å². The van der Waals surface area contributed by atoms with E-state index in [9.17, 15) is 13.2 Å². The third-order valence-electron chi connectivity index (χ3n) is 4.19. The lowest BCUT2D eigenvalue weighted by atomic mass is 10.1. The molecule has 5 heteroatoms. The fraction of sp³-hybridized carbons (Fsp3) is 0.136. The van der Waals surface area contributed by atoms with Crippen LogP contribution >= 0.6 is 0 Å². The van der Waals surface area contributed by atoms with Crippen LogP contribution in [0, 0.1) is 0 Å². The topological polar surface area (TPSA) is 63.2 Å². The van der Waals surface area contributed by atoms with Crippen LogP contribution in [0.25, 0.3) is 0 Å². The highest BCUT2D eigenvalue weighted by Gasteiger charge is 2.16. The molecule has 0 aliphatic carbocycles. The number of amides is 1. The normalized spacial score (nSPS) is 11.1. The molecule has 3 aromatic rings. The van der Waals surface area contributed by atoms with Crippen LogP contribution in [0.4, 0.5) is 0 Å². The Bertz CT molecular complexity index is 1000. The molecule has 0 aliphatic heterocycles. The highest BCUT2D eigenvalue weighted by Crippen LogP contribution is 2.17. The first-order chi connectivity index (χ1) is 13.0. The van der Waals surface area contributed by atoms with Gasteiger partial charge in [0.05, 0.1) is 10.6 Å². The van der Waals surface area contributed by atoms with E-state index in [1.807, 2.05) is 30.3 Å². The minimum absolute atomic E-state index is 0.137. The highest BCUT2D eigenvalue weighted by atomic mass is 32.2. The van der Waals surface area contributed by atoms with E-state index in [-0.39, 0.29) is 16.6 Å². The van der Waals surface area contributed by atoms with Crippen molar-refractivity contribution in [3.05, 3.63) is 102 Å². The van der Waals surface area contributed by atoms with Crippen molar-refractivity contribution >= 4 is 15.7 Å². The maximum atomic E-state index is 12.5. The second kappa shape index (κ2) is 8.64. The van der Waals surface area contributed by atoms with Gasteiger partial charge < -0.3 is 5.32 Å². The lowest BCUT2D eigenvalue weighted by molar-refractivity contribution is 0.0954. The number of hydrogen-bond acceptors (Lipinski definition) is 3. The predicted molar refractivity (Wildman–Crippen MR) is 106 cm³/mol. The van der Waals surface area contributed by atoms with Crippen molar-refractivity contribution in [1.82, 2.24) is 5.32 Å². The second-order valence-corrected chi connectivity index (χ2v) is 8.25. The van der Waals surface area contributed by atoms with Crippen molar-refractivity contribution in [2.75, 3.05) is 6.54 Å². The third kappa shape index (κ3) is 5.28. The molecule has 0 saturated carbocycles. The Morgan fingerprint density at radius 2 is 1.41 bits per heavy atom. The summed E-state index contributed by atoms with van der Waals surface area (Å²) in [5.41, 5.74) is 2.21. The summed E-state index contributed by atoms with van der Waals surface area (Å²) in [5.74, 6) is -0.341. The average Bonchev–Trinajstić information content (AvgIpc) is 2.69. The summed E-state index contributed by atoms with van der Waals surface area (Å²) in [5, 5.41) is 2.88. The molecule has 0 saturated heterocycles. The van der Waals surface area contributed by atoms with Gasteiger partial charge in [-0.1, -0.05) is 60.7 Å². The van der Waals surface area contributed by atoms with Crippen molar-refractivity contribution in [3.8, 4) is 0 Å². The van der Waals surface area contributed by atoms with Crippen molar-refractivity contribution in [3.63, 3.8) is 0 Å². The number of sulfone groups is 1. The van der Waals surface area contributed by atoms with E-state index in [0.717, 1.165) is 12.0 Å². The van der Waals surface area contributed by atoms with Crippen LogP contribution in [0.1, 0.15) is 21.5 Å². The van der Waals surface area contributed by atoms with Crippen LogP contribution in [-0.4, -0.2) is 20.9 Å². The first-order valence-electron chi connectivity index (χ1n) is 8.73. The predicted octanol–water partition coefficient (Wildman–Crippen LogP) is 3.63. The molecule has 0 bridgehead atoms. The number of rotatable bonds is 7. The molecular formula is C22H21NO3S. The molecule has 3 aromatic carbocycles. The van der Waals surface area contributed by atoms with Crippen molar-refractivity contribution in [2.24, 2.45) is 0 Å². The standard InChI is InChI=1S/C22H21NO3S/c24-22(23-15-14-18-8-3-1-4-9-18)20-11-7-10-19(16-20)17-27(25,26)21-12-5-2-6-13-21/h1-13,16H,14-15,17H2,(H,23,24). The number of nitrogens with one attached hydrogen (secondary N) is 1. The lowest BCUT2D eigenvalue weighted by Gasteiger charge is -2.08. The summed E-state index contributed by atoms with van der Waals surface area (Å²) in [4.78, 5) is 12.6. The fourth-order valence-electron chi connectivity index (χ4n) is 2.80. The zero-order chi connectivity index (χ0) is 19.1. The van der Waals surface area contributed by atoms with E-state index in [0.29, 0.717) is 17.7 Å². The van der Waals surface area contributed by atoms with Crippen LogP contribution in [0.5, 0.6) is 0 Å². The van der Waals surface area contributed by atoms with Crippen LogP contribution in [0.3, 0.4) is 0 Å². The third-order valence-corrected chi connectivity index (χ3v) is 5.89. The molecule has 0 aliphatic rings. The van der Waals surface area contributed by atoms with E-state index < -0.39 is 9.84 Å². The average molecular weight is 379 g/mol.